The highest BCUT2D eigenvalue weighted by Gasteiger charge is 2.00. The Morgan fingerprint density at radius 1 is 1.50 bits per heavy atom. The molecule has 0 radical (unpaired) electrons. The van der Waals surface area contributed by atoms with Crippen LogP contribution in [0.4, 0.5) is 11.6 Å². The Hall–Kier alpha value is -1.36. The number of aromatic nitrogens is 2. The highest BCUT2D eigenvalue weighted by Crippen LogP contribution is 2.03. The van der Waals surface area contributed by atoms with Gasteiger partial charge in [0.15, 0.2) is 0 Å². The molecule has 4 N–H and O–H groups in total. The van der Waals surface area contributed by atoms with E-state index in [2.05, 4.69) is 15.3 Å². The summed E-state index contributed by atoms with van der Waals surface area (Å²) in [5.74, 6) is 1.09. The van der Waals surface area contributed by atoms with Crippen LogP contribution in [0.25, 0.3) is 0 Å². The van der Waals surface area contributed by atoms with Crippen molar-refractivity contribution in [2.75, 3.05) is 17.6 Å². The Bertz CT molecular complexity index is 262. The standard InChI is InChI=1S/C9H16N4O/c1-2-7(14)3-4-11-9-6-12-8(10)5-13-9/h5-7,14H,2-4H2,1H3,(H2,10,12)(H,11,13). The fourth-order valence-corrected chi connectivity index (χ4v) is 1.00. The Balaban J connectivity index is 2.28. The molecule has 0 aromatic carbocycles. The van der Waals surface area contributed by atoms with E-state index in [1.165, 1.54) is 6.20 Å². The summed E-state index contributed by atoms with van der Waals surface area (Å²) in [6.45, 7) is 2.64. The lowest BCUT2D eigenvalue weighted by Crippen LogP contribution is -2.13. The lowest BCUT2D eigenvalue weighted by atomic mass is 10.2. The number of hydrogen-bond donors (Lipinski definition) is 3. The minimum Gasteiger partial charge on any atom is -0.393 e. The van der Waals surface area contributed by atoms with Crippen molar-refractivity contribution < 1.29 is 5.11 Å². The zero-order valence-electron chi connectivity index (χ0n) is 8.27. The van der Waals surface area contributed by atoms with E-state index >= 15 is 0 Å². The number of rotatable bonds is 5. The van der Waals surface area contributed by atoms with Gasteiger partial charge in [-0.15, -0.1) is 0 Å². The molecule has 0 saturated carbocycles. The number of nitrogens with two attached hydrogens (primary N) is 1. The zero-order valence-corrected chi connectivity index (χ0v) is 8.27. The molecule has 1 atom stereocenters. The van der Waals surface area contributed by atoms with Crippen LogP contribution in [0.1, 0.15) is 19.8 Å². The van der Waals surface area contributed by atoms with Gasteiger partial charge in [-0.25, -0.2) is 9.97 Å². The Morgan fingerprint density at radius 2 is 2.29 bits per heavy atom. The normalized spacial score (nSPS) is 12.4. The Morgan fingerprint density at radius 3 is 2.86 bits per heavy atom. The molecule has 0 aliphatic rings. The molecule has 1 aromatic rings. The minimum absolute atomic E-state index is 0.246. The van der Waals surface area contributed by atoms with Crippen LogP contribution in [0, 0.1) is 0 Å². The monoisotopic (exact) mass is 196 g/mol. The maximum atomic E-state index is 9.28. The van der Waals surface area contributed by atoms with Crippen molar-refractivity contribution in [1.82, 2.24) is 9.97 Å². The molecule has 0 saturated heterocycles. The number of aliphatic hydroxyl groups excluding tert-OH is 1. The molecule has 1 unspecified atom stereocenters. The second-order valence-corrected chi connectivity index (χ2v) is 3.10. The van der Waals surface area contributed by atoms with Gasteiger partial charge in [-0.05, 0) is 12.8 Å². The van der Waals surface area contributed by atoms with Crippen molar-refractivity contribution in [2.24, 2.45) is 0 Å². The highest BCUT2D eigenvalue weighted by molar-refractivity contribution is 5.35. The number of hydrogen-bond acceptors (Lipinski definition) is 5. The molecule has 0 spiro atoms. The molecule has 1 heterocycles. The third-order valence-electron chi connectivity index (χ3n) is 1.93. The van der Waals surface area contributed by atoms with Crippen LogP contribution in [0.2, 0.25) is 0 Å². The first-order valence-corrected chi connectivity index (χ1v) is 4.71. The topological polar surface area (TPSA) is 84.1 Å². The van der Waals surface area contributed by atoms with E-state index < -0.39 is 0 Å². The molecule has 5 nitrogen and oxygen atoms in total. The first-order chi connectivity index (χ1) is 6.72. The number of nitrogen functional groups attached to an aromatic ring is 1. The number of aliphatic hydroxyl groups is 1. The van der Waals surface area contributed by atoms with Crippen LogP contribution < -0.4 is 11.1 Å². The van der Waals surface area contributed by atoms with E-state index in [-0.39, 0.29) is 6.10 Å². The third kappa shape index (κ3) is 3.57. The van der Waals surface area contributed by atoms with E-state index in [9.17, 15) is 5.11 Å². The molecule has 0 aliphatic carbocycles. The molecule has 5 heteroatoms. The Labute approximate surface area is 83.4 Å². The van der Waals surface area contributed by atoms with Gasteiger partial charge >= 0.3 is 0 Å². The van der Waals surface area contributed by atoms with Gasteiger partial charge in [-0.3, -0.25) is 0 Å². The number of nitrogens with one attached hydrogen (secondary N) is 1. The van der Waals surface area contributed by atoms with Crippen molar-refractivity contribution in [1.29, 1.82) is 0 Å². The van der Waals surface area contributed by atoms with Crippen molar-refractivity contribution in [2.45, 2.75) is 25.9 Å². The van der Waals surface area contributed by atoms with Crippen LogP contribution in [0.5, 0.6) is 0 Å². The van der Waals surface area contributed by atoms with Crippen molar-refractivity contribution in [3.63, 3.8) is 0 Å². The smallest absolute Gasteiger partial charge is 0.144 e. The summed E-state index contributed by atoms with van der Waals surface area (Å²) >= 11 is 0. The summed E-state index contributed by atoms with van der Waals surface area (Å²) in [4.78, 5) is 7.91. The van der Waals surface area contributed by atoms with Crippen LogP contribution >= 0.6 is 0 Å². The SMILES string of the molecule is CCC(O)CCNc1cnc(N)cn1. The maximum absolute atomic E-state index is 9.28. The van der Waals surface area contributed by atoms with Gasteiger partial charge in [0.1, 0.15) is 11.6 Å². The third-order valence-corrected chi connectivity index (χ3v) is 1.93. The summed E-state index contributed by atoms with van der Waals surface area (Å²) in [6, 6.07) is 0. The van der Waals surface area contributed by atoms with Crippen molar-refractivity contribution >= 4 is 11.6 Å². The summed E-state index contributed by atoms with van der Waals surface area (Å²) in [5.41, 5.74) is 5.38. The second kappa shape index (κ2) is 5.39. The molecule has 0 fully saturated rings. The predicted molar refractivity (Wildman–Crippen MR) is 55.8 cm³/mol. The fraction of sp³-hybridized carbons (Fsp3) is 0.556. The van der Waals surface area contributed by atoms with E-state index in [1.54, 1.807) is 6.20 Å². The molecule has 0 amide bonds. The first-order valence-electron chi connectivity index (χ1n) is 4.71. The van der Waals surface area contributed by atoms with E-state index in [0.29, 0.717) is 24.6 Å². The van der Waals surface area contributed by atoms with Crippen molar-refractivity contribution in [3.8, 4) is 0 Å². The van der Waals surface area contributed by atoms with Gasteiger partial charge in [0.05, 0.1) is 18.5 Å². The highest BCUT2D eigenvalue weighted by atomic mass is 16.3. The molecule has 1 rings (SSSR count). The molecule has 1 aromatic heterocycles. The lowest BCUT2D eigenvalue weighted by molar-refractivity contribution is 0.164. The zero-order chi connectivity index (χ0) is 10.4. The number of anilines is 2. The van der Waals surface area contributed by atoms with Gasteiger partial charge in [-0.1, -0.05) is 6.92 Å². The molecular weight excluding hydrogens is 180 g/mol. The molecule has 78 valence electrons. The molecule has 0 aliphatic heterocycles. The lowest BCUT2D eigenvalue weighted by Gasteiger charge is -2.08. The predicted octanol–water partition coefficient (Wildman–Crippen LogP) is 0.632. The average Bonchev–Trinajstić information content (AvgIpc) is 2.21. The summed E-state index contributed by atoms with van der Waals surface area (Å²) < 4.78 is 0. The average molecular weight is 196 g/mol. The molecular formula is C9H16N4O. The van der Waals surface area contributed by atoms with Gasteiger partial charge in [0, 0.05) is 6.54 Å². The summed E-state index contributed by atoms with van der Waals surface area (Å²) in [6.07, 6.45) is 4.31. The largest absolute Gasteiger partial charge is 0.393 e. The Kier molecular flexibility index (Phi) is 4.12. The van der Waals surface area contributed by atoms with Gasteiger partial charge < -0.3 is 16.2 Å². The number of nitrogens with zero attached hydrogens (tertiary/aromatic N) is 2. The van der Waals surface area contributed by atoms with E-state index in [4.69, 9.17) is 5.73 Å². The fourth-order valence-electron chi connectivity index (χ4n) is 1.00. The van der Waals surface area contributed by atoms with Crippen molar-refractivity contribution in [3.05, 3.63) is 12.4 Å². The maximum Gasteiger partial charge on any atom is 0.144 e. The van der Waals surface area contributed by atoms with Crippen LogP contribution in [-0.4, -0.2) is 27.7 Å². The van der Waals surface area contributed by atoms with Crippen LogP contribution in [-0.2, 0) is 0 Å². The van der Waals surface area contributed by atoms with Gasteiger partial charge in [0.2, 0.25) is 0 Å². The van der Waals surface area contributed by atoms with Gasteiger partial charge in [0.25, 0.3) is 0 Å². The van der Waals surface area contributed by atoms with Crippen LogP contribution in [0.15, 0.2) is 12.4 Å². The minimum atomic E-state index is -0.246. The quantitative estimate of drug-likeness (QED) is 0.643. The molecule has 14 heavy (non-hydrogen) atoms. The first kappa shape index (κ1) is 10.7. The second-order valence-electron chi connectivity index (χ2n) is 3.10. The summed E-state index contributed by atoms with van der Waals surface area (Å²) in [7, 11) is 0. The van der Waals surface area contributed by atoms with Crippen LogP contribution in [0.3, 0.4) is 0 Å². The van der Waals surface area contributed by atoms with E-state index in [0.717, 1.165) is 6.42 Å². The molecule has 0 bridgehead atoms. The van der Waals surface area contributed by atoms with Gasteiger partial charge in [-0.2, -0.15) is 0 Å². The summed E-state index contributed by atoms with van der Waals surface area (Å²) in [5, 5.41) is 12.3. The van der Waals surface area contributed by atoms with E-state index in [1.807, 2.05) is 6.92 Å².